The van der Waals surface area contributed by atoms with Crippen LogP contribution in [0.25, 0.3) is 22.0 Å². The Morgan fingerprint density at radius 2 is 1.57 bits per heavy atom. The molecule has 0 bridgehead atoms. The van der Waals surface area contributed by atoms with Gasteiger partial charge in [0, 0.05) is 17.1 Å². The van der Waals surface area contributed by atoms with Crippen molar-refractivity contribution in [3.05, 3.63) is 65.4 Å². The Morgan fingerprint density at radius 3 is 2.24 bits per heavy atom. The van der Waals surface area contributed by atoms with E-state index < -0.39 is 0 Å². The molecule has 1 heteroatoms. The van der Waals surface area contributed by atoms with E-state index in [2.05, 4.69) is 75.1 Å². The molecular weight excluding hydrogens is 254 g/mol. The van der Waals surface area contributed by atoms with Gasteiger partial charge in [0.05, 0.1) is 5.69 Å². The molecule has 0 N–H and O–H groups in total. The molecule has 1 heterocycles. The molecule has 0 aliphatic heterocycles. The number of aryl methyl sites for hydroxylation is 2. The molecule has 3 aromatic rings. The zero-order valence-electron chi connectivity index (χ0n) is 13.1. The second kappa shape index (κ2) is 5.33. The number of rotatable bonds is 2. The van der Waals surface area contributed by atoms with Crippen LogP contribution in [-0.4, -0.2) is 4.98 Å². The second-order valence-electron chi connectivity index (χ2n) is 6.17. The summed E-state index contributed by atoms with van der Waals surface area (Å²) in [5.74, 6) is 0.548. The van der Waals surface area contributed by atoms with E-state index in [1.165, 1.54) is 33.0 Å². The number of hydrogen-bond donors (Lipinski definition) is 0. The third kappa shape index (κ3) is 2.69. The highest BCUT2D eigenvalue weighted by atomic mass is 14.7. The predicted octanol–water partition coefficient (Wildman–Crippen LogP) is 5.64. The van der Waals surface area contributed by atoms with E-state index in [0.29, 0.717) is 5.92 Å². The molecule has 0 saturated heterocycles. The van der Waals surface area contributed by atoms with Gasteiger partial charge in [0.25, 0.3) is 0 Å². The molecule has 0 spiro atoms. The van der Waals surface area contributed by atoms with Gasteiger partial charge in [-0.3, -0.25) is 4.98 Å². The van der Waals surface area contributed by atoms with Crippen molar-refractivity contribution in [2.24, 2.45) is 0 Å². The normalized spacial score (nSPS) is 11.3. The van der Waals surface area contributed by atoms with Crippen molar-refractivity contribution in [2.75, 3.05) is 0 Å². The van der Waals surface area contributed by atoms with Gasteiger partial charge in [0.15, 0.2) is 0 Å². The van der Waals surface area contributed by atoms with Gasteiger partial charge in [-0.1, -0.05) is 49.2 Å². The Kier molecular flexibility index (Phi) is 3.50. The van der Waals surface area contributed by atoms with Crippen molar-refractivity contribution >= 4 is 10.8 Å². The monoisotopic (exact) mass is 275 g/mol. The molecule has 1 nitrogen and oxygen atoms in total. The largest absolute Gasteiger partial charge is 0.256 e. The summed E-state index contributed by atoms with van der Waals surface area (Å²) in [5, 5.41) is 2.50. The van der Waals surface area contributed by atoms with Crippen molar-refractivity contribution < 1.29 is 0 Å². The van der Waals surface area contributed by atoms with E-state index >= 15 is 0 Å². The van der Waals surface area contributed by atoms with Gasteiger partial charge in [-0.2, -0.15) is 0 Å². The summed E-state index contributed by atoms with van der Waals surface area (Å²) in [6, 6.07) is 15.5. The summed E-state index contributed by atoms with van der Waals surface area (Å²) in [6.07, 6.45) is 1.92. The average molecular weight is 275 g/mol. The smallest absolute Gasteiger partial charge is 0.0780 e. The third-order valence-electron chi connectivity index (χ3n) is 3.95. The fourth-order valence-electron chi connectivity index (χ4n) is 2.90. The van der Waals surface area contributed by atoms with Gasteiger partial charge in [-0.25, -0.2) is 0 Å². The molecule has 0 aliphatic carbocycles. The van der Waals surface area contributed by atoms with E-state index in [9.17, 15) is 0 Å². The van der Waals surface area contributed by atoms with Crippen molar-refractivity contribution in [1.82, 2.24) is 4.98 Å². The van der Waals surface area contributed by atoms with Gasteiger partial charge < -0.3 is 0 Å². The average Bonchev–Trinajstić information content (AvgIpc) is 2.45. The van der Waals surface area contributed by atoms with E-state index in [-0.39, 0.29) is 0 Å². The Balaban J connectivity index is 2.23. The molecule has 0 atom stereocenters. The number of pyridine rings is 1. The number of hydrogen-bond acceptors (Lipinski definition) is 1. The second-order valence-corrected chi connectivity index (χ2v) is 6.17. The molecule has 0 aliphatic rings. The van der Waals surface area contributed by atoms with Crippen LogP contribution in [0.2, 0.25) is 0 Å². The molecule has 3 rings (SSSR count). The Hall–Kier alpha value is -2.15. The van der Waals surface area contributed by atoms with Crippen molar-refractivity contribution in [3.8, 4) is 11.3 Å². The molecular formula is C20H21N. The summed E-state index contributed by atoms with van der Waals surface area (Å²) in [5.41, 5.74) is 6.22. The first kappa shape index (κ1) is 13.8. The van der Waals surface area contributed by atoms with Crippen molar-refractivity contribution in [3.63, 3.8) is 0 Å². The molecule has 0 radical (unpaired) electrons. The molecule has 0 fully saturated rings. The van der Waals surface area contributed by atoms with Crippen LogP contribution >= 0.6 is 0 Å². The SMILES string of the molecule is Cc1cc(C)cc(-c2nccc3cc(C(C)C)ccc23)c1. The molecule has 1 aromatic heterocycles. The summed E-state index contributed by atoms with van der Waals surface area (Å²) in [4.78, 5) is 4.63. The Morgan fingerprint density at radius 1 is 0.857 bits per heavy atom. The predicted molar refractivity (Wildman–Crippen MR) is 90.7 cm³/mol. The summed E-state index contributed by atoms with van der Waals surface area (Å²) in [6.45, 7) is 8.73. The molecule has 0 amide bonds. The molecule has 106 valence electrons. The Labute approximate surface area is 126 Å². The first-order chi connectivity index (χ1) is 10.0. The highest BCUT2D eigenvalue weighted by molar-refractivity contribution is 5.95. The topological polar surface area (TPSA) is 12.9 Å². The van der Waals surface area contributed by atoms with Gasteiger partial charge >= 0.3 is 0 Å². The van der Waals surface area contributed by atoms with Crippen LogP contribution in [-0.2, 0) is 0 Å². The number of nitrogens with zero attached hydrogens (tertiary/aromatic N) is 1. The lowest BCUT2D eigenvalue weighted by molar-refractivity contribution is 0.869. The molecule has 0 saturated carbocycles. The van der Waals surface area contributed by atoms with E-state index in [0.717, 1.165) is 5.69 Å². The maximum absolute atomic E-state index is 4.63. The summed E-state index contributed by atoms with van der Waals surface area (Å²) >= 11 is 0. The first-order valence-corrected chi connectivity index (χ1v) is 7.52. The van der Waals surface area contributed by atoms with E-state index in [1.54, 1.807) is 0 Å². The maximum Gasteiger partial charge on any atom is 0.0780 e. The van der Waals surface area contributed by atoms with Crippen LogP contribution in [0.15, 0.2) is 48.7 Å². The van der Waals surface area contributed by atoms with Gasteiger partial charge in [-0.15, -0.1) is 0 Å². The highest BCUT2D eigenvalue weighted by Crippen LogP contribution is 2.29. The zero-order chi connectivity index (χ0) is 15.0. The minimum atomic E-state index is 0.548. The van der Waals surface area contributed by atoms with Crippen molar-refractivity contribution in [2.45, 2.75) is 33.6 Å². The highest BCUT2D eigenvalue weighted by Gasteiger charge is 2.08. The van der Waals surface area contributed by atoms with Crippen LogP contribution in [0.1, 0.15) is 36.5 Å². The Bertz CT molecular complexity index is 780. The van der Waals surface area contributed by atoms with Crippen LogP contribution in [0.4, 0.5) is 0 Å². The van der Waals surface area contributed by atoms with Gasteiger partial charge in [0.1, 0.15) is 0 Å². The summed E-state index contributed by atoms with van der Waals surface area (Å²) < 4.78 is 0. The first-order valence-electron chi connectivity index (χ1n) is 7.52. The minimum absolute atomic E-state index is 0.548. The molecule has 21 heavy (non-hydrogen) atoms. The fourth-order valence-corrected chi connectivity index (χ4v) is 2.90. The standard InChI is InChI=1S/C20H21N/c1-13(2)16-5-6-19-17(12-16)7-8-21-20(19)18-10-14(3)9-15(4)11-18/h5-13H,1-4H3. The van der Waals surface area contributed by atoms with Crippen LogP contribution in [0.3, 0.4) is 0 Å². The van der Waals surface area contributed by atoms with Crippen molar-refractivity contribution in [1.29, 1.82) is 0 Å². The van der Waals surface area contributed by atoms with Gasteiger partial charge in [0.2, 0.25) is 0 Å². The third-order valence-corrected chi connectivity index (χ3v) is 3.95. The lowest BCUT2D eigenvalue weighted by Crippen LogP contribution is -1.91. The number of fused-ring (bicyclic) bond motifs is 1. The maximum atomic E-state index is 4.63. The fraction of sp³-hybridized carbons (Fsp3) is 0.250. The zero-order valence-corrected chi connectivity index (χ0v) is 13.1. The number of benzene rings is 2. The molecule has 0 unspecified atom stereocenters. The lowest BCUT2D eigenvalue weighted by atomic mass is 9.96. The minimum Gasteiger partial charge on any atom is -0.256 e. The number of aromatic nitrogens is 1. The van der Waals surface area contributed by atoms with Gasteiger partial charge in [-0.05, 0) is 48.9 Å². The lowest BCUT2D eigenvalue weighted by Gasteiger charge is -2.11. The van der Waals surface area contributed by atoms with Crippen LogP contribution in [0, 0.1) is 13.8 Å². The molecule has 2 aromatic carbocycles. The van der Waals surface area contributed by atoms with Crippen LogP contribution in [0.5, 0.6) is 0 Å². The summed E-state index contributed by atoms with van der Waals surface area (Å²) in [7, 11) is 0. The van der Waals surface area contributed by atoms with E-state index in [1.807, 2.05) is 6.20 Å². The quantitative estimate of drug-likeness (QED) is 0.589. The van der Waals surface area contributed by atoms with E-state index in [4.69, 9.17) is 0 Å². The van der Waals surface area contributed by atoms with Crippen LogP contribution < -0.4 is 0 Å².